The normalized spacial score (nSPS) is 15.4. The number of carboxylic acid groups (broad SMARTS) is 1. The number of aliphatic carboxylic acids is 1. The topological polar surface area (TPSA) is 66.4 Å². The van der Waals surface area contributed by atoms with Gasteiger partial charge in [0.25, 0.3) is 0 Å². The SMILES string of the molecule is CC(NC(=O)C(C)C(C)C(=O)O)c1cccc(Br)c1. The average molecular weight is 328 g/mol. The Bertz CT molecular complexity index is 476. The summed E-state index contributed by atoms with van der Waals surface area (Å²) in [6.45, 7) is 5.04. The molecule has 3 unspecified atom stereocenters. The molecule has 4 nitrogen and oxygen atoms in total. The largest absolute Gasteiger partial charge is 0.481 e. The molecule has 5 heteroatoms. The molecule has 104 valence electrons. The van der Waals surface area contributed by atoms with Gasteiger partial charge in [-0.15, -0.1) is 0 Å². The number of benzene rings is 1. The van der Waals surface area contributed by atoms with Crippen molar-refractivity contribution >= 4 is 27.8 Å². The van der Waals surface area contributed by atoms with Gasteiger partial charge in [0, 0.05) is 10.4 Å². The number of amides is 1. The van der Waals surface area contributed by atoms with E-state index < -0.39 is 17.8 Å². The van der Waals surface area contributed by atoms with E-state index in [1.807, 2.05) is 31.2 Å². The Morgan fingerprint density at radius 1 is 1.21 bits per heavy atom. The Labute approximate surface area is 121 Å². The van der Waals surface area contributed by atoms with Crippen molar-refractivity contribution in [2.24, 2.45) is 11.8 Å². The number of carbonyl (C=O) groups is 2. The highest BCUT2D eigenvalue weighted by molar-refractivity contribution is 9.10. The molecule has 0 aliphatic heterocycles. The van der Waals surface area contributed by atoms with Crippen molar-refractivity contribution in [1.29, 1.82) is 0 Å². The van der Waals surface area contributed by atoms with Gasteiger partial charge in [-0.1, -0.05) is 41.9 Å². The summed E-state index contributed by atoms with van der Waals surface area (Å²) in [6.07, 6.45) is 0. The summed E-state index contributed by atoms with van der Waals surface area (Å²) in [4.78, 5) is 22.8. The highest BCUT2D eigenvalue weighted by Crippen LogP contribution is 2.19. The smallest absolute Gasteiger partial charge is 0.307 e. The van der Waals surface area contributed by atoms with Crippen LogP contribution >= 0.6 is 15.9 Å². The predicted molar refractivity (Wildman–Crippen MR) is 76.7 cm³/mol. The molecule has 2 N–H and O–H groups in total. The lowest BCUT2D eigenvalue weighted by molar-refractivity contribution is -0.146. The number of carboxylic acids is 1. The molecule has 1 amide bonds. The number of hydrogen-bond donors (Lipinski definition) is 2. The van der Waals surface area contributed by atoms with Crippen LogP contribution in [0.1, 0.15) is 32.4 Å². The zero-order chi connectivity index (χ0) is 14.6. The maximum atomic E-state index is 12.0. The first-order valence-electron chi connectivity index (χ1n) is 6.11. The highest BCUT2D eigenvalue weighted by atomic mass is 79.9. The van der Waals surface area contributed by atoms with Crippen molar-refractivity contribution in [3.63, 3.8) is 0 Å². The van der Waals surface area contributed by atoms with Crippen LogP contribution in [0.15, 0.2) is 28.7 Å². The minimum absolute atomic E-state index is 0.159. The number of nitrogens with one attached hydrogen (secondary N) is 1. The van der Waals surface area contributed by atoms with Gasteiger partial charge in [0.2, 0.25) is 5.91 Å². The standard InChI is InChI=1S/C14H18BrNO3/c1-8(9(2)14(18)19)13(17)16-10(3)11-5-4-6-12(15)7-11/h4-10H,1-3H3,(H,16,17)(H,18,19). The summed E-state index contributed by atoms with van der Waals surface area (Å²) in [7, 11) is 0. The van der Waals surface area contributed by atoms with Gasteiger partial charge in [0.1, 0.15) is 0 Å². The van der Waals surface area contributed by atoms with Gasteiger partial charge in [-0.2, -0.15) is 0 Å². The summed E-state index contributed by atoms with van der Waals surface area (Å²) in [5.74, 6) is -2.47. The van der Waals surface area contributed by atoms with E-state index in [-0.39, 0.29) is 11.9 Å². The molecule has 0 saturated heterocycles. The van der Waals surface area contributed by atoms with Gasteiger partial charge >= 0.3 is 5.97 Å². The van der Waals surface area contributed by atoms with Gasteiger partial charge in [0.05, 0.1) is 12.0 Å². The molecule has 0 saturated carbocycles. The second-order valence-corrected chi connectivity index (χ2v) is 5.62. The van der Waals surface area contributed by atoms with E-state index in [1.54, 1.807) is 6.92 Å². The van der Waals surface area contributed by atoms with Crippen molar-refractivity contribution < 1.29 is 14.7 Å². The molecular weight excluding hydrogens is 310 g/mol. The maximum Gasteiger partial charge on any atom is 0.307 e. The third-order valence-electron chi connectivity index (χ3n) is 3.26. The number of carbonyl (C=O) groups excluding carboxylic acids is 1. The van der Waals surface area contributed by atoms with E-state index in [4.69, 9.17) is 5.11 Å². The average Bonchev–Trinajstić information content (AvgIpc) is 2.36. The first kappa shape index (κ1) is 15.7. The quantitative estimate of drug-likeness (QED) is 0.873. The first-order chi connectivity index (χ1) is 8.82. The molecular formula is C14H18BrNO3. The van der Waals surface area contributed by atoms with Crippen LogP contribution in [0.3, 0.4) is 0 Å². The monoisotopic (exact) mass is 327 g/mol. The number of halogens is 1. The van der Waals surface area contributed by atoms with Crippen molar-refractivity contribution in [3.05, 3.63) is 34.3 Å². The van der Waals surface area contributed by atoms with Crippen LogP contribution in [0.5, 0.6) is 0 Å². The third-order valence-corrected chi connectivity index (χ3v) is 3.75. The summed E-state index contributed by atoms with van der Waals surface area (Å²) < 4.78 is 0.943. The van der Waals surface area contributed by atoms with Crippen molar-refractivity contribution in [1.82, 2.24) is 5.32 Å². The molecule has 19 heavy (non-hydrogen) atoms. The van der Waals surface area contributed by atoms with E-state index in [0.717, 1.165) is 10.0 Å². The van der Waals surface area contributed by atoms with E-state index in [1.165, 1.54) is 6.92 Å². The van der Waals surface area contributed by atoms with Crippen LogP contribution in [0, 0.1) is 11.8 Å². The molecule has 0 aliphatic carbocycles. The van der Waals surface area contributed by atoms with Gasteiger partial charge < -0.3 is 10.4 Å². The third kappa shape index (κ3) is 4.35. The van der Waals surface area contributed by atoms with Crippen LogP contribution in [-0.4, -0.2) is 17.0 Å². The Kier molecular flexibility index (Phi) is 5.54. The van der Waals surface area contributed by atoms with Crippen LogP contribution in [0.2, 0.25) is 0 Å². The fourth-order valence-corrected chi connectivity index (χ4v) is 2.06. The molecule has 0 spiro atoms. The molecule has 0 aliphatic rings. The molecule has 0 radical (unpaired) electrons. The summed E-state index contributed by atoms with van der Waals surface area (Å²) in [5, 5.41) is 11.7. The molecule has 3 atom stereocenters. The molecule has 0 heterocycles. The van der Waals surface area contributed by atoms with E-state index in [9.17, 15) is 9.59 Å². The Hall–Kier alpha value is -1.36. The molecule has 1 aromatic rings. The zero-order valence-electron chi connectivity index (χ0n) is 11.2. The predicted octanol–water partition coefficient (Wildman–Crippen LogP) is 2.98. The second kappa shape index (κ2) is 6.70. The highest BCUT2D eigenvalue weighted by Gasteiger charge is 2.26. The van der Waals surface area contributed by atoms with Gasteiger partial charge in [0.15, 0.2) is 0 Å². The first-order valence-corrected chi connectivity index (χ1v) is 6.91. The second-order valence-electron chi connectivity index (χ2n) is 4.70. The summed E-state index contributed by atoms with van der Waals surface area (Å²) in [6, 6.07) is 7.49. The van der Waals surface area contributed by atoms with Crippen LogP contribution in [0.25, 0.3) is 0 Å². The fourth-order valence-electron chi connectivity index (χ4n) is 1.65. The van der Waals surface area contributed by atoms with E-state index in [2.05, 4.69) is 21.2 Å². The molecule has 0 aromatic heterocycles. The molecule has 1 aromatic carbocycles. The van der Waals surface area contributed by atoms with E-state index >= 15 is 0 Å². The Morgan fingerprint density at radius 3 is 2.37 bits per heavy atom. The van der Waals surface area contributed by atoms with Crippen molar-refractivity contribution in [2.45, 2.75) is 26.8 Å². The lowest BCUT2D eigenvalue weighted by Crippen LogP contribution is -2.36. The van der Waals surface area contributed by atoms with Crippen LogP contribution < -0.4 is 5.32 Å². The molecule has 0 fully saturated rings. The van der Waals surface area contributed by atoms with Gasteiger partial charge in [-0.05, 0) is 24.6 Å². The van der Waals surface area contributed by atoms with Crippen LogP contribution in [0.4, 0.5) is 0 Å². The fraction of sp³-hybridized carbons (Fsp3) is 0.429. The maximum absolute atomic E-state index is 12.0. The van der Waals surface area contributed by atoms with Crippen molar-refractivity contribution in [2.75, 3.05) is 0 Å². The van der Waals surface area contributed by atoms with E-state index in [0.29, 0.717) is 0 Å². The molecule has 0 bridgehead atoms. The van der Waals surface area contributed by atoms with Gasteiger partial charge in [-0.3, -0.25) is 9.59 Å². The summed E-state index contributed by atoms with van der Waals surface area (Å²) >= 11 is 3.38. The Balaban J connectivity index is 2.69. The lowest BCUT2D eigenvalue weighted by Gasteiger charge is -2.20. The minimum Gasteiger partial charge on any atom is -0.481 e. The molecule has 1 rings (SSSR count). The minimum atomic E-state index is -0.960. The number of hydrogen-bond acceptors (Lipinski definition) is 2. The van der Waals surface area contributed by atoms with Crippen LogP contribution in [-0.2, 0) is 9.59 Å². The zero-order valence-corrected chi connectivity index (χ0v) is 12.8. The van der Waals surface area contributed by atoms with Crippen molar-refractivity contribution in [3.8, 4) is 0 Å². The Morgan fingerprint density at radius 2 is 1.84 bits per heavy atom. The lowest BCUT2D eigenvalue weighted by atomic mass is 9.94. The summed E-state index contributed by atoms with van der Waals surface area (Å²) in [5.41, 5.74) is 0.970. The number of rotatable bonds is 5. The van der Waals surface area contributed by atoms with Gasteiger partial charge in [-0.25, -0.2) is 0 Å².